The van der Waals surface area contributed by atoms with Crippen LogP contribution in [0.25, 0.3) is 0 Å². The minimum absolute atomic E-state index is 0.00794. The summed E-state index contributed by atoms with van der Waals surface area (Å²) in [5.41, 5.74) is 4.22. The molecule has 0 saturated heterocycles. The zero-order chi connectivity index (χ0) is 20.6. The van der Waals surface area contributed by atoms with E-state index >= 15 is 0 Å². The zero-order valence-electron chi connectivity index (χ0n) is 16.7. The predicted molar refractivity (Wildman–Crippen MR) is 121 cm³/mol. The molecule has 0 radical (unpaired) electrons. The third kappa shape index (κ3) is 3.67. The molecule has 1 unspecified atom stereocenters. The van der Waals surface area contributed by atoms with Crippen LogP contribution in [0.1, 0.15) is 31.0 Å². The number of rotatable bonds is 4. The molecule has 2 aliphatic heterocycles. The van der Waals surface area contributed by atoms with Crippen molar-refractivity contribution in [3.63, 3.8) is 0 Å². The third-order valence-corrected chi connectivity index (χ3v) is 5.77. The van der Waals surface area contributed by atoms with Gasteiger partial charge in [0.2, 0.25) is 0 Å². The number of carbonyl (C=O) groups is 1. The second-order valence-corrected chi connectivity index (χ2v) is 8.94. The highest BCUT2D eigenvalue weighted by atomic mass is 79.9. The molecule has 0 saturated carbocycles. The number of benzene rings is 2. The summed E-state index contributed by atoms with van der Waals surface area (Å²) in [7, 11) is 0. The molecule has 4 rings (SSSR count). The molecule has 2 aromatic rings. The van der Waals surface area contributed by atoms with Crippen LogP contribution in [-0.4, -0.2) is 35.1 Å². The van der Waals surface area contributed by atoms with Crippen LogP contribution in [0.2, 0.25) is 0 Å². The van der Waals surface area contributed by atoms with Gasteiger partial charge in [-0.05, 0) is 31.5 Å². The van der Waals surface area contributed by atoms with E-state index in [1.54, 1.807) is 6.08 Å². The second-order valence-electron chi connectivity index (χ2n) is 8.03. The van der Waals surface area contributed by atoms with Crippen LogP contribution in [0, 0.1) is 0 Å². The van der Waals surface area contributed by atoms with Gasteiger partial charge in [0.1, 0.15) is 5.70 Å². The summed E-state index contributed by atoms with van der Waals surface area (Å²) < 4.78 is 1.01. The van der Waals surface area contributed by atoms with E-state index < -0.39 is 0 Å². The minimum atomic E-state index is -0.318. The molecule has 29 heavy (non-hydrogen) atoms. The lowest BCUT2D eigenvalue weighted by atomic mass is 9.91. The van der Waals surface area contributed by atoms with Crippen molar-refractivity contribution < 1.29 is 4.79 Å². The standard InChI is InChI=1S/C24H24BrN3O/c1-4-14-28-22(17-10-12-18(25)13-11-17)19-20(16-8-6-5-7-9-16)26-15-24(2,3)27-21(19)23(28)29/h4-13,22,27H,1,14-15H2,2-3H3. The van der Waals surface area contributed by atoms with E-state index in [0.29, 0.717) is 18.8 Å². The fourth-order valence-corrected chi connectivity index (χ4v) is 4.20. The Balaban J connectivity index is 1.94. The summed E-state index contributed by atoms with van der Waals surface area (Å²) >= 11 is 3.51. The molecule has 0 aromatic heterocycles. The highest BCUT2D eigenvalue weighted by Gasteiger charge is 2.44. The molecule has 1 N–H and O–H groups in total. The Morgan fingerprint density at radius 3 is 2.55 bits per heavy atom. The lowest BCUT2D eigenvalue weighted by molar-refractivity contribution is -0.127. The largest absolute Gasteiger partial charge is 0.373 e. The summed E-state index contributed by atoms with van der Waals surface area (Å²) in [6.45, 7) is 9.08. The van der Waals surface area contributed by atoms with Gasteiger partial charge in [-0.15, -0.1) is 6.58 Å². The molecule has 2 heterocycles. The van der Waals surface area contributed by atoms with Gasteiger partial charge in [0.05, 0.1) is 23.8 Å². The SMILES string of the molecule is C=CCN1C(=O)C2=C(C(c3ccccc3)=NCC(C)(C)N2)C1c1ccc(Br)cc1. The fourth-order valence-electron chi connectivity index (χ4n) is 3.94. The van der Waals surface area contributed by atoms with Crippen LogP contribution >= 0.6 is 15.9 Å². The maximum Gasteiger partial charge on any atom is 0.271 e. The number of amides is 1. The van der Waals surface area contributed by atoms with Crippen molar-refractivity contribution in [3.05, 3.63) is 94.1 Å². The molecule has 148 valence electrons. The first-order chi connectivity index (χ1) is 13.9. The maximum atomic E-state index is 13.5. The van der Waals surface area contributed by atoms with Crippen molar-refractivity contribution >= 4 is 27.5 Å². The molecule has 0 aliphatic carbocycles. The Hall–Kier alpha value is -2.66. The van der Waals surface area contributed by atoms with Crippen LogP contribution in [0.15, 0.2) is 88.0 Å². The van der Waals surface area contributed by atoms with Crippen LogP contribution in [0.3, 0.4) is 0 Å². The van der Waals surface area contributed by atoms with Crippen LogP contribution < -0.4 is 5.32 Å². The minimum Gasteiger partial charge on any atom is -0.373 e. The van der Waals surface area contributed by atoms with Crippen molar-refractivity contribution in [2.75, 3.05) is 13.1 Å². The topological polar surface area (TPSA) is 44.7 Å². The molecule has 2 aliphatic rings. The Morgan fingerprint density at radius 2 is 1.90 bits per heavy atom. The first-order valence-electron chi connectivity index (χ1n) is 9.71. The average molecular weight is 450 g/mol. The summed E-state index contributed by atoms with van der Waals surface area (Å²) in [6, 6.07) is 18.1. The van der Waals surface area contributed by atoms with Gasteiger partial charge >= 0.3 is 0 Å². The number of hydrogen-bond donors (Lipinski definition) is 1. The molecular weight excluding hydrogens is 426 g/mol. The van der Waals surface area contributed by atoms with Gasteiger partial charge in [-0.3, -0.25) is 9.79 Å². The van der Waals surface area contributed by atoms with Crippen molar-refractivity contribution in [1.82, 2.24) is 10.2 Å². The van der Waals surface area contributed by atoms with Crippen molar-refractivity contribution in [2.24, 2.45) is 4.99 Å². The van der Waals surface area contributed by atoms with E-state index in [4.69, 9.17) is 4.99 Å². The van der Waals surface area contributed by atoms with Gasteiger partial charge in [0, 0.05) is 22.2 Å². The van der Waals surface area contributed by atoms with Crippen LogP contribution in [0.4, 0.5) is 0 Å². The quantitative estimate of drug-likeness (QED) is 0.690. The third-order valence-electron chi connectivity index (χ3n) is 5.24. The molecule has 5 heteroatoms. The van der Waals surface area contributed by atoms with Crippen LogP contribution in [-0.2, 0) is 4.79 Å². The van der Waals surface area contributed by atoms with Gasteiger partial charge < -0.3 is 10.2 Å². The lowest BCUT2D eigenvalue weighted by Gasteiger charge is -2.28. The Morgan fingerprint density at radius 1 is 1.21 bits per heavy atom. The first-order valence-corrected chi connectivity index (χ1v) is 10.5. The Bertz CT molecular complexity index is 1010. The first kappa shape index (κ1) is 19.6. The number of nitrogens with one attached hydrogen (secondary N) is 1. The zero-order valence-corrected chi connectivity index (χ0v) is 18.2. The number of carbonyl (C=O) groups excluding carboxylic acids is 1. The van der Waals surface area contributed by atoms with E-state index in [0.717, 1.165) is 26.9 Å². The van der Waals surface area contributed by atoms with Gasteiger partial charge in [-0.2, -0.15) is 0 Å². The molecule has 0 bridgehead atoms. The summed E-state index contributed by atoms with van der Waals surface area (Å²) in [5, 5.41) is 3.50. The van der Waals surface area contributed by atoms with E-state index in [2.05, 4.69) is 65.9 Å². The molecule has 2 aromatic carbocycles. The smallest absolute Gasteiger partial charge is 0.271 e. The number of halogens is 1. The number of hydrogen-bond acceptors (Lipinski definition) is 3. The van der Waals surface area contributed by atoms with E-state index in [1.165, 1.54) is 0 Å². The van der Waals surface area contributed by atoms with Gasteiger partial charge in [-0.1, -0.05) is 64.5 Å². The normalized spacial score (nSPS) is 20.7. The van der Waals surface area contributed by atoms with E-state index in [1.807, 2.05) is 35.2 Å². The van der Waals surface area contributed by atoms with Crippen molar-refractivity contribution in [2.45, 2.75) is 25.4 Å². The molecule has 0 fully saturated rings. The molecule has 4 nitrogen and oxygen atoms in total. The molecule has 1 amide bonds. The molecular formula is C24H24BrN3O. The van der Waals surface area contributed by atoms with Crippen molar-refractivity contribution in [3.8, 4) is 0 Å². The predicted octanol–water partition coefficient (Wildman–Crippen LogP) is 4.64. The summed E-state index contributed by atoms with van der Waals surface area (Å²) in [4.78, 5) is 20.4. The van der Waals surface area contributed by atoms with Crippen molar-refractivity contribution in [1.29, 1.82) is 0 Å². The fraction of sp³-hybridized carbons (Fsp3) is 0.250. The molecule has 1 atom stereocenters. The lowest BCUT2D eigenvalue weighted by Crippen LogP contribution is -2.44. The van der Waals surface area contributed by atoms with Gasteiger partial charge in [-0.25, -0.2) is 0 Å². The average Bonchev–Trinajstić information content (AvgIpc) is 2.87. The summed E-state index contributed by atoms with van der Waals surface area (Å²) in [5.74, 6) is -0.00794. The molecule has 0 spiro atoms. The maximum absolute atomic E-state index is 13.5. The Labute approximate surface area is 180 Å². The highest BCUT2D eigenvalue weighted by molar-refractivity contribution is 9.10. The van der Waals surface area contributed by atoms with E-state index in [-0.39, 0.29) is 17.5 Å². The number of aliphatic imine (C=N–C) groups is 1. The van der Waals surface area contributed by atoms with Gasteiger partial charge in [0.25, 0.3) is 5.91 Å². The highest BCUT2D eigenvalue weighted by Crippen LogP contribution is 2.41. The Kier molecular flexibility index (Phi) is 5.17. The summed E-state index contributed by atoms with van der Waals surface area (Å²) in [6.07, 6.45) is 1.78. The van der Waals surface area contributed by atoms with Gasteiger partial charge in [0.15, 0.2) is 0 Å². The van der Waals surface area contributed by atoms with Crippen LogP contribution in [0.5, 0.6) is 0 Å². The number of nitrogens with zero attached hydrogens (tertiary/aromatic N) is 2. The van der Waals surface area contributed by atoms with E-state index in [9.17, 15) is 4.79 Å². The monoisotopic (exact) mass is 449 g/mol. The second kappa shape index (κ2) is 7.64.